The van der Waals surface area contributed by atoms with E-state index in [0.29, 0.717) is 6.61 Å². The fourth-order valence-corrected chi connectivity index (χ4v) is 1.37. The van der Waals surface area contributed by atoms with E-state index < -0.39 is 0 Å². The van der Waals surface area contributed by atoms with E-state index in [-0.39, 0.29) is 5.97 Å². The van der Waals surface area contributed by atoms with Gasteiger partial charge in [0.2, 0.25) is 0 Å². The highest BCUT2D eigenvalue weighted by atomic mass is 16.5. The van der Waals surface area contributed by atoms with Gasteiger partial charge in [0.15, 0.2) is 0 Å². The van der Waals surface area contributed by atoms with Crippen LogP contribution in [-0.4, -0.2) is 26.7 Å². The quantitative estimate of drug-likeness (QED) is 0.454. The minimum absolute atomic E-state index is 0.315. The summed E-state index contributed by atoms with van der Waals surface area (Å²) in [5.41, 5.74) is 2.25. The first-order chi connectivity index (χ1) is 8.63. The highest BCUT2D eigenvalue weighted by Gasteiger charge is 1.93. The molecule has 0 fully saturated rings. The summed E-state index contributed by atoms with van der Waals surface area (Å²) in [6.45, 7) is 2.19. The topological polar surface area (TPSA) is 29.5 Å². The zero-order chi connectivity index (χ0) is 13.4. The van der Waals surface area contributed by atoms with E-state index in [9.17, 15) is 4.79 Å². The minimum Gasteiger partial charge on any atom is -0.463 e. The third-order valence-electron chi connectivity index (χ3n) is 2.33. The average Bonchev–Trinajstić information content (AvgIpc) is 2.35. The Hall–Kier alpha value is -2.03. The molecule has 0 radical (unpaired) electrons. The van der Waals surface area contributed by atoms with Crippen molar-refractivity contribution >= 4 is 17.7 Å². The van der Waals surface area contributed by atoms with Gasteiger partial charge < -0.3 is 9.64 Å². The predicted molar refractivity (Wildman–Crippen MR) is 75.6 cm³/mol. The van der Waals surface area contributed by atoms with Crippen molar-refractivity contribution in [3.05, 3.63) is 48.1 Å². The molecule has 0 amide bonds. The fraction of sp³-hybridized carbons (Fsp3) is 0.267. The first kappa shape index (κ1) is 14.0. The molecule has 0 unspecified atom stereocenters. The second kappa shape index (κ2) is 7.33. The average molecular weight is 245 g/mol. The van der Waals surface area contributed by atoms with Crippen molar-refractivity contribution in [1.29, 1.82) is 0 Å². The van der Waals surface area contributed by atoms with Crippen LogP contribution in [0, 0.1) is 0 Å². The molecule has 0 bridgehead atoms. The summed E-state index contributed by atoms with van der Waals surface area (Å²) in [6, 6.07) is 8.16. The van der Waals surface area contributed by atoms with Crippen LogP contribution in [-0.2, 0) is 9.53 Å². The molecule has 0 saturated heterocycles. The van der Waals surface area contributed by atoms with Gasteiger partial charge in [-0.15, -0.1) is 0 Å². The Morgan fingerprint density at radius 2 is 1.89 bits per heavy atom. The summed E-state index contributed by atoms with van der Waals surface area (Å²) in [5, 5.41) is 0. The molecule has 1 rings (SSSR count). The summed E-state index contributed by atoms with van der Waals surface area (Å²) in [7, 11) is 4.01. The summed E-state index contributed by atoms with van der Waals surface area (Å²) in [4.78, 5) is 13.1. The van der Waals surface area contributed by atoms with Crippen LogP contribution in [0.2, 0.25) is 0 Å². The van der Waals surface area contributed by atoms with Crippen molar-refractivity contribution in [2.24, 2.45) is 0 Å². The number of anilines is 1. The molecule has 96 valence electrons. The van der Waals surface area contributed by atoms with E-state index in [1.54, 1.807) is 13.0 Å². The first-order valence-corrected chi connectivity index (χ1v) is 5.92. The van der Waals surface area contributed by atoms with Crippen LogP contribution in [0.25, 0.3) is 6.08 Å². The molecule has 0 heterocycles. The molecule has 0 aliphatic heterocycles. The third-order valence-corrected chi connectivity index (χ3v) is 2.33. The van der Waals surface area contributed by atoms with Gasteiger partial charge in [0.05, 0.1) is 6.61 Å². The third kappa shape index (κ3) is 4.87. The van der Waals surface area contributed by atoms with E-state index in [1.165, 1.54) is 6.08 Å². The van der Waals surface area contributed by atoms with Crippen LogP contribution >= 0.6 is 0 Å². The predicted octanol–water partition coefficient (Wildman–Crippen LogP) is 2.89. The number of allylic oxidation sites excluding steroid dienone is 2. The number of hydrogen-bond donors (Lipinski definition) is 0. The van der Waals surface area contributed by atoms with E-state index in [2.05, 4.69) is 12.1 Å². The van der Waals surface area contributed by atoms with Crippen LogP contribution in [0.15, 0.2) is 42.5 Å². The monoisotopic (exact) mass is 245 g/mol. The number of hydrogen-bond acceptors (Lipinski definition) is 3. The van der Waals surface area contributed by atoms with Crippen LogP contribution in [0.5, 0.6) is 0 Å². The van der Waals surface area contributed by atoms with Gasteiger partial charge in [0.1, 0.15) is 0 Å². The molecular formula is C15H19NO2. The number of nitrogens with zero attached hydrogens (tertiary/aromatic N) is 1. The molecule has 18 heavy (non-hydrogen) atoms. The van der Waals surface area contributed by atoms with Crippen LogP contribution in [0.4, 0.5) is 5.69 Å². The molecule has 0 N–H and O–H groups in total. The van der Waals surface area contributed by atoms with Gasteiger partial charge in [-0.05, 0) is 24.6 Å². The Morgan fingerprint density at radius 3 is 2.44 bits per heavy atom. The maximum atomic E-state index is 11.0. The molecule has 1 aromatic carbocycles. The Bertz CT molecular complexity index is 430. The summed E-state index contributed by atoms with van der Waals surface area (Å²) >= 11 is 0. The Labute approximate surface area is 108 Å². The molecule has 0 aliphatic rings. The number of benzene rings is 1. The van der Waals surface area contributed by atoms with E-state index in [0.717, 1.165) is 11.3 Å². The molecule has 0 aliphatic carbocycles. The second-order valence-electron chi connectivity index (χ2n) is 3.96. The van der Waals surface area contributed by atoms with Gasteiger partial charge in [0.25, 0.3) is 0 Å². The smallest absolute Gasteiger partial charge is 0.330 e. The van der Waals surface area contributed by atoms with Gasteiger partial charge >= 0.3 is 5.97 Å². The summed E-state index contributed by atoms with van der Waals surface area (Å²) < 4.78 is 4.77. The maximum Gasteiger partial charge on any atom is 0.330 e. The normalized spacial score (nSPS) is 11.1. The minimum atomic E-state index is -0.315. The Balaban J connectivity index is 2.54. The zero-order valence-corrected chi connectivity index (χ0v) is 11.1. The molecule has 0 atom stereocenters. The molecule has 0 saturated carbocycles. The number of ether oxygens (including phenoxy) is 1. The molecular weight excluding hydrogens is 226 g/mol. The van der Waals surface area contributed by atoms with Crippen LogP contribution < -0.4 is 4.90 Å². The van der Waals surface area contributed by atoms with E-state index in [1.807, 2.05) is 43.3 Å². The molecule has 0 spiro atoms. The lowest BCUT2D eigenvalue weighted by molar-refractivity contribution is -0.137. The van der Waals surface area contributed by atoms with Gasteiger partial charge in [-0.1, -0.05) is 30.4 Å². The van der Waals surface area contributed by atoms with Crippen LogP contribution in [0.3, 0.4) is 0 Å². The van der Waals surface area contributed by atoms with Crippen molar-refractivity contribution in [3.63, 3.8) is 0 Å². The lowest BCUT2D eigenvalue weighted by Gasteiger charge is -2.11. The highest BCUT2D eigenvalue weighted by molar-refractivity contribution is 5.82. The van der Waals surface area contributed by atoms with Crippen molar-refractivity contribution in [3.8, 4) is 0 Å². The Kier molecular flexibility index (Phi) is 5.71. The largest absolute Gasteiger partial charge is 0.463 e. The molecule has 1 aromatic rings. The summed E-state index contributed by atoms with van der Waals surface area (Å²) in [5.74, 6) is -0.315. The highest BCUT2D eigenvalue weighted by Crippen LogP contribution is 2.13. The SMILES string of the molecule is CCOC(=O)/C=C/C=C/c1ccc(N(C)C)cc1. The van der Waals surface area contributed by atoms with E-state index in [4.69, 9.17) is 4.74 Å². The van der Waals surface area contributed by atoms with Gasteiger partial charge in [0, 0.05) is 25.9 Å². The second-order valence-corrected chi connectivity index (χ2v) is 3.96. The number of carbonyl (C=O) groups is 1. The fourth-order valence-electron chi connectivity index (χ4n) is 1.37. The first-order valence-electron chi connectivity index (χ1n) is 5.92. The number of carbonyl (C=O) groups excluding carboxylic acids is 1. The van der Waals surface area contributed by atoms with Crippen LogP contribution in [0.1, 0.15) is 12.5 Å². The van der Waals surface area contributed by atoms with E-state index >= 15 is 0 Å². The summed E-state index contributed by atoms with van der Waals surface area (Å²) in [6.07, 6.45) is 6.85. The van der Waals surface area contributed by atoms with Crippen molar-refractivity contribution in [2.75, 3.05) is 25.6 Å². The molecule has 3 heteroatoms. The lowest BCUT2D eigenvalue weighted by Crippen LogP contribution is -2.07. The van der Waals surface area contributed by atoms with Crippen molar-refractivity contribution < 1.29 is 9.53 Å². The zero-order valence-electron chi connectivity index (χ0n) is 11.1. The van der Waals surface area contributed by atoms with Gasteiger partial charge in [-0.2, -0.15) is 0 Å². The number of esters is 1. The van der Waals surface area contributed by atoms with Gasteiger partial charge in [-0.25, -0.2) is 4.79 Å². The van der Waals surface area contributed by atoms with Gasteiger partial charge in [-0.3, -0.25) is 0 Å². The van der Waals surface area contributed by atoms with Crippen molar-refractivity contribution in [1.82, 2.24) is 0 Å². The maximum absolute atomic E-state index is 11.0. The standard InChI is InChI=1S/C15H19NO2/c1-4-18-15(17)8-6-5-7-13-9-11-14(12-10-13)16(2)3/h5-12H,4H2,1-3H3/b7-5+,8-6+. The van der Waals surface area contributed by atoms with Crippen molar-refractivity contribution in [2.45, 2.75) is 6.92 Å². The number of rotatable bonds is 5. The lowest BCUT2D eigenvalue weighted by atomic mass is 10.2. The molecule has 3 nitrogen and oxygen atoms in total. The Morgan fingerprint density at radius 1 is 1.22 bits per heavy atom. The molecule has 0 aromatic heterocycles.